The second-order valence-corrected chi connectivity index (χ2v) is 5.52. The maximum Gasteiger partial charge on any atom is 0.0629 e. The summed E-state index contributed by atoms with van der Waals surface area (Å²) in [6.07, 6.45) is 0. The molecule has 3 N–H and O–H groups in total. The van der Waals surface area contributed by atoms with Gasteiger partial charge in [-0.2, -0.15) is 0 Å². The van der Waals surface area contributed by atoms with Crippen LogP contribution < -0.4 is 11.1 Å². The van der Waals surface area contributed by atoms with Gasteiger partial charge in [0.25, 0.3) is 0 Å². The summed E-state index contributed by atoms with van der Waals surface area (Å²) in [4.78, 5) is 0. The number of nitrogens with two attached hydrogens (primary N) is 1. The lowest BCUT2D eigenvalue weighted by Gasteiger charge is -2.09. The Kier molecular flexibility index (Phi) is 3.70. The highest BCUT2D eigenvalue weighted by molar-refractivity contribution is 14.1. The summed E-state index contributed by atoms with van der Waals surface area (Å²) in [7, 11) is 0. The first-order valence-electron chi connectivity index (χ1n) is 4.73. The molecule has 0 amide bonds. The van der Waals surface area contributed by atoms with Crippen LogP contribution in [0.25, 0.3) is 0 Å². The van der Waals surface area contributed by atoms with Gasteiger partial charge in [-0.1, -0.05) is 15.9 Å². The monoisotopic (exact) mass is 388 g/mol. The molecule has 0 aliphatic rings. The third-order valence-electron chi connectivity index (χ3n) is 2.14. The van der Waals surface area contributed by atoms with Crippen molar-refractivity contribution in [2.45, 2.75) is 0 Å². The highest BCUT2D eigenvalue weighted by atomic mass is 127. The van der Waals surface area contributed by atoms with Crippen molar-refractivity contribution >= 4 is 55.6 Å². The number of hydrogen-bond acceptors (Lipinski definition) is 2. The van der Waals surface area contributed by atoms with Crippen molar-refractivity contribution in [2.75, 3.05) is 11.1 Å². The SMILES string of the molecule is Nc1ccc(Br)cc1Nc1ccc(I)cc1. The summed E-state index contributed by atoms with van der Waals surface area (Å²) in [6, 6.07) is 13.9. The molecular formula is C12H10BrIN2. The number of nitrogen functional groups attached to an aromatic ring is 1. The molecule has 0 radical (unpaired) electrons. The minimum atomic E-state index is 0.738. The van der Waals surface area contributed by atoms with Crippen LogP contribution in [0, 0.1) is 3.57 Å². The van der Waals surface area contributed by atoms with Gasteiger partial charge in [-0.15, -0.1) is 0 Å². The third kappa shape index (κ3) is 2.89. The summed E-state index contributed by atoms with van der Waals surface area (Å²) in [5.74, 6) is 0. The molecule has 0 saturated heterocycles. The molecule has 2 nitrogen and oxygen atoms in total. The minimum absolute atomic E-state index is 0.738. The van der Waals surface area contributed by atoms with E-state index < -0.39 is 0 Å². The first-order chi connectivity index (χ1) is 7.65. The molecule has 0 spiro atoms. The van der Waals surface area contributed by atoms with Crippen LogP contribution in [-0.2, 0) is 0 Å². The van der Waals surface area contributed by atoms with Gasteiger partial charge in [-0.05, 0) is 65.1 Å². The fourth-order valence-electron chi connectivity index (χ4n) is 1.33. The predicted octanol–water partition coefficient (Wildman–Crippen LogP) is 4.38. The molecule has 4 heteroatoms. The number of rotatable bonds is 2. The van der Waals surface area contributed by atoms with Gasteiger partial charge >= 0.3 is 0 Å². The summed E-state index contributed by atoms with van der Waals surface area (Å²) >= 11 is 5.70. The van der Waals surface area contributed by atoms with Gasteiger partial charge in [-0.3, -0.25) is 0 Å². The lowest BCUT2D eigenvalue weighted by Crippen LogP contribution is -1.96. The number of hydrogen-bond donors (Lipinski definition) is 2. The van der Waals surface area contributed by atoms with Gasteiger partial charge in [0, 0.05) is 13.7 Å². The molecule has 0 aliphatic heterocycles. The molecule has 0 aromatic heterocycles. The van der Waals surface area contributed by atoms with Gasteiger partial charge in [-0.25, -0.2) is 0 Å². The molecule has 0 heterocycles. The van der Waals surface area contributed by atoms with E-state index in [2.05, 4.69) is 56.0 Å². The fourth-order valence-corrected chi connectivity index (χ4v) is 2.05. The number of nitrogens with one attached hydrogen (secondary N) is 1. The van der Waals surface area contributed by atoms with Crippen molar-refractivity contribution in [3.05, 3.63) is 50.5 Å². The summed E-state index contributed by atoms with van der Waals surface area (Å²) in [5, 5.41) is 3.28. The van der Waals surface area contributed by atoms with Crippen molar-refractivity contribution in [3.8, 4) is 0 Å². The van der Waals surface area contributed by atoms with E-state index >= 15 is 0 Å². The van der Waals surface area contributed by atoms with E-state index in [1.807, 2.05) is 30.3 Å². The number of benzene rings is 2. The van der Waals surface area contributed by atoms with Crippen molar-refractivity contribution in [2.24, 2.45) is 0 Å². The maximum atomic E-state index is 5.88. The van der Waals surface area contributed by atoms with Gasteiger partial charge < -0.3 is 11.1 Å². The van der Waals surface area contributed by atoms with Crippen LogP contribution in [0.2, 0.25) is 0 Å². The van der Waals surface area contributed by atoms with Crippen LogP contribution >= 0.6 is 38.5 Å². The number of anilines is 3. The Balaban J connectivity index is 2.26. The summed E-state index contributed by atoms with van der Waals surface area (Å²) < 4.78 is 2.22. The first-order valence-corrected chi connectivity index (χ1v) is 6.60. The van der Waals surface area contributed by atoms with Crippen LogP contribution in [-0.4, -0.2) is 0 Å². The fraction of sp³-hybridized carbons (Fsp3) is 0. The van der Waals surface area contributed by atoms with Crippen LogP contribution in [0.1, 0.15) is 0 Å². The molecule has 0 saturated carbocycles. The first kappa shape index (κ1) is 11.7. The average Bonchev–Trinajstić information content (AvgIpc) is 2.27. The van der Waals surface area contributed by atoms with E-state index in [0.717, 1.165) is 21.5 Å². The molecule has 0 unspecified atom stereocenters. The van der Waals surface area contributed by atoms with Crippen molar-refractivity contribution in [1.29, 1.82) is 0 Å². The second-order valence-electron chi connectivity index (χ2n) is 3.36. The lowest BCUT2D eigenvalue weighted by atomic mass is 10.2. The Bertz CT molecular complexity index is 497. The van der Waals surface area contributed by atoms with Gasteiger partial charge in [0.05, 0.1) is 11.4 Å². The molecule has 0 fully saturated rings. The van der Waals surface area contributed by atoms with Crippen LogP contribution in [0.4, 0.5) is 17.1 Å². The Morgan fingerprint density at radius 1 is 1.06 bits per heavy atom. The van der Waals surface area contributed by atoms with Crippen LogP contribution in [0.5, 0.6) is 0 Å². The molecular weight excluding hydrogens is 379 g/mol. The molecule has 0 atom stereocenters. The zero-order valence-electron chi connectivity index (χ0n) is 8.37. The van der Waals surface area contributed by atoms with E-state index in [4.69, 9.17) is 5.73 Å². The van der Waals surface area contributed by atoms with E-state index in [9.17, 15) is 0 Å². The molecule has 2 aromatic carbocycles. The summed E-state index contributed by atoms with van der Waals surface area (Å²) in [5.41, 5.74) is 8.57. The van der Waals surface area contributed by atoms with Crippen molar-refractivity contribution in [1.82, 2.24) is 0 Å². The van der Waals surface area contributed by atoms with Crippen LogP contribution in [0.3, 0.4) is 0 Å². The summed E-state index contributed by atoms with van der Waals surface area (Å²) in [6.45, 7) is 0. The zero-order valence-corrected chi connectivity index (χ0v) is 12.1. The smallest absolute Gasteiger partial charge is 0.0629 e. The molecule has 0 aliphatic carbocycles. The largest absolute Gasteiger partial charge is 0.397 e. The zero-order chi connectivity index (χ0) is 11.5. The standard InChI is InChI=1S/C12H10BrIN2/c13-8-1-6-11(15)12(7-8)16-10-4-2-9(14)3-5-10/h1-7,16H,15H2. The number of halogens is 2. The van der Waals surface area contributed by atoms with E-state index in [0.29, 0.717) is 0 Å². The highest BCUT2D eigenvalue weighted by Gasteiger charge is 2.00. The van der Waals surface area contributed by atoms with E-state index in [1.165, 1.54) is 3.57 Å². The van der Waals surface area contributed by atoms with Crippen molar-refractivity contribution in [3.63, 3.8) is 0 Å². The predicted molar refractivity (Wildman–Crippen MR) is 81.0 cm³/mol. The molecule has 2 rings (SSSR count). The van der Waals surface area contributed by atoms with Gasteiger partial charge in [0.2, 0.25) is 0 Å². The second kappa shape index (κ2) is 5.05. The molecule has 2 aromatic rings. The third-order valence-corrected chi connectivity index (χ3v) is 3.35. The Morgan fingerprint density at radius 2 is 1.75 bits per heavy atom. The van der Waals surface area contributed by atoms with Crippen LogP contribution in [0.15, 0.2) is 46.9 Å². The lowest BCUT2D eigenvalue weighted by molar-refractivity contribution is 1.52. The highest BCUT2D eigenvalue weighted by Crippen LogP contribution is 2.26. The normalized spacial score (nSPS) is 10.1. The minimum Gasteiger partial charge on any atom is -0.397 e. The molecule has 0 bridgehead atoms. The van der Waals surface area contributed by atoms with E-state index in [-0.39, 0.29) is 0 Å². The van der Waals surface area contributed by atoms with E-state index in [1.54, 1.807) is 0 Å². The molecule has 16 heavy (non-hydrogen) atoms. The van der Waals surface area contributed by atoms with Gasteiger partial charge in [0.1, 0.15) is 0 Å². The molecule has 82 valence electrons. The average molecular weight is 389 g/mol. The Labute approximate surface area is 117 Å². The van der Waals surface area contributed by atoms with Gasteiger partial charge in [0.15, 0.2) is 0 Å². The maximum absolute atomic E-state index is 5.88. The Morgan fingerprint density at radius 3 is 2.44 bits per heavy atom. The van der Waals surface area contributed by atoms with Crippen molar-refractivity contribution < 1.29 is 0 Å². The topological polar surface area (TPSA) is 38.0 Å². The quantitative estimate of drug-likeness (QED) is 0.591. The Hall–Kier alpha value is -0.750.